The van der Waals surface area contributed by atoms with Gasteiger partial charge < -0.3 is 9.73 Å². The van der Waals surface area contributed by atoms with Crippen LogP contribution in [-0.2, 0) is 6.54 Å². The topological polar surface area (TPSA) is 41.3 Å². The van der Waals surface area contributed by atoms with Crippen LogP contribution in [0.4, 0.5) is 0 Å². The molecule has 5 heteroatoms. The molecule has 1 N–H and O–H groups in total. The largest absolute Gasteiger partial charge is 0.444 e. The molecule has 1 fully saturated rings. The fourth-order valence-corrected chi connectivity index (χ4v) is 2.65. The van der Waals surface area contributed by atoms with Crippen LogP contribution in [0.5, 0.6) is 0 Å². The van der Waals surface area contributed by atoms with Crippen LogP contribution in [0.15, 0.2) is 28.2 Å². The minimum Gasteiger partial charge on any atom is -0.444 e. The first-order valence-corrected chi connectivity index (χ1v) is 6.71. The molecule has 0 unspecified atom stereocenters. The Morgan fingerprint density at radius 3 is 3.06 bits per heavy atom. The number of hydrogen-bond donors (Lipinski definition) is 1. The van der Waals surface area contributed by atoms with Crippen LogP contribution in [-0.4, -0.2) is 36.1 Å². The van der Waals surface area contributed by atoms with E-state index in [0.717, 1.165) is 49.2 Å². The van der Waals surface area contributed by atoms with Crippen molar-refractivity contribution in [3.05, 3.63) is 29.5 Å². The molecule has 17 heavy (non-hydrogen) atoms. The average Bonchev–Trinajstić information content (AvgIpc) is 3.00. The lowest BCUT2D eigenvalue weighted by atomic mass is 10.3. The SMILES string of the molecule is c1csc(-c2nc(CN3CCNCC3)co2)c1. The van der Waals surface area contributed by atoms with Gasteiger partial charge in [0.25, 0.3) is 0 Å². The van der Waals surface area contributed by atoms with Crippen LogP contribution in [0, 0.1) is 0 Å². The van der Waals surface area contributed by atoms with E-state index in [2.05, 4.69) is 15.2 Å². The summed E-state index contributed by atoms with van der Waals surface area (Å²) in [6.07, 6.45) is 1.77. The van der Waals surface area contributed by atoms with Crippen molar-refractivity contribution in [2.24, 2.45) is 0 Å². The van der Waals surface area contributed by atoms with Gasteiger partial charge in [-0.25, -0.2) is 4.98 Å². The first-order chi connectivity index (χ1) is 8.42. The van der Waals surface area contributed by atoms with Gasteiger partial charge in [-0.2, -0.15) is 0 Å². The second-order valence-electron chi connectivity index (χ2n) is 4.15. The second kappa shape index (κ2) is 5.00. The van der Waals surface area contributed by atoms with Crippen molar-refractivity contribution < 1.29 is 4.42 Å². The van der Waals surface area contributed by atoms with E-state index < -0.39 is 0 Å². The number of nitrogens with one attached hydrogen (secondary N) is 1. The molecule has 0 saturated carbocycles. The molecular weight excluding hydrogens is 234 g/mol. The zero-order valence-electron chi connectivity index (χ0n) is 9.56. The molecule has 0 amide bonds. The minimum atomic E-state index is 0.741. The molecule has 0 bridgehead atoms. The van der Waals surface area contributed by atoms with E-state index in [1.54, 1.807) is 17.6 Å². The smallest absolute Gasteiger partial charge is 0.236 e. The number of hydrogen-bond acceptors (Lipinski definition) is 5. The summed E-state index contributed by atoms with van der Waals surface area (Å²) < 4.78 is 5.51. The quantitative estimate of drug-likeness (QED) is 0.900. The average molecular weight is 249 g/mol. The number of thiophene rings is 1. The summed E-state index contributed by atoms with van der Waals surface area (Å²) in [6.45, 7) is 5.18. The summed E-state index contributed by atoms with van der Waals surface area (Å²) >= 11 is 1.66. The fourth-order valence-electron chi connectivity index (χ4n) is 1.99. The van der Waals surface area contributed by atoms with Crippen molar-refractivity contribution in [2.45, 2.75) is 6.54 Å². The monoisotopic (exact) mass is 249 g/mol. The lowest BCUT2D eigenvalue weighted by Crippen LogP contribution is -2.42. The van der Waals surface area contributed by atoms with Crippen molar-refractivity contribution >= 4 is 11.3 Å². The van der Waals surface area contributed by atoms with Crippen molar-refractivity contribution in [3.8, 4) is 10.8 Å². The van der Waals surface area contributed by atoms with E-state index in [-0.39, 0.29) is 0 Å². The molecule has 90 valence electrons. The summed E-state index contributed by atoms with van der Waals surface area (Å²) in [4.78, 5) is 8.02. The van der Waals surface area contributed by atoms with Crippen LogP contribution in [0.3, 0.4) is 0 Å². The van der Waals surface area contributed by atoms with Crippen molar-refractivity contribution in [2.75, 3.05) is 26.2 Å². The Morgan fingerprint density at radius 2 is 2.29 bits per heavy atom. The van der Waals surface area contributed by atoms with Gasteiger partial charge in [0.05, 0.1) is 10.6 Å². The Labute approximate surface area is 104 Å². The van der Waals surface area contributed by atoms with Crippen LogP contribution in [0.2, 0.25) is 0 Å². The highest BCUT2D eigenvalue weighted by Crippen LogP contribution is 2.23. The minimum absolute atomic E-state index is 0.741. The molecule has 1 aliphatic heterocycles. The predicted molar refractivity (Wildman–Crippen MR) is 68.0 cm³/mol. The van der Waals surface area contributed by atoms with E-state index in [0.29, 0.717) is 0 Å². The molecule has 2 aromatic heterocycles. The summed E-state index contributed by atoms with van der Waals surface area (Å²) in [5.41, 5.74) is 1.02. The zero-order valence-corrected chi connectivity index (χ0v) is 10.4. The Kier molecular flexibility index (Phi) is 3.22. The highest BCUT2D eigenvalue weighted by Gasteiger charge is 2.13. The van der Waals surface area contributed by atoms with Gasteiger partial charge >= 0.3 is 0 Å². The van der Waals surface area contributed by atoms with Gasteiger partial charge in [0, 0.05) is 32.7 Å². The van der Waals surface area contributed by atoms with Gasteiger partial charge in [-0.15, -0.1) is 11.3 Å². The van der Waals surface area contributed by atoms with Gasteiger partial charge in [-0.3, -0.25) is 4.90 Å². The van der Waals surface area contributed by atoms with E-state index in [1.165, 1.54) is 0 Å². The molecule has 1 aliphatic rings. The Hall–Kier alpha value is -1.17. The molecule has 0 atom stereocenters. The van der Waals surface area contributed by atoms with Gasteiger partial charge in [0.2, 0.25) is 5.89 Å². The van der Waals surface area contributed by atoms with Gasteiger partial charge in [0.15, 0.2) is 0 Å². The van der Waals surface area contributed by atoms with Crippen LogP contribution in [0.25, 0.3) is 10.8 Å². The molecular formula is C12H15N3OS. The summed E-state index contributed by atoms with van der Waals surface area (Å²) in [7, 11) is 0. The lowest BCUT2D eigenvalue weighted by Gasteiger charge is -2.25. The van der Waals surface area contributed by atoms with Crippen LogP contribution >= 0.6 is 11.3 Å². The number of nitrogens with zero attached hydrogens (tertiary/aromatic N) is 2. The van der Waals surface area contributed by atoms with Crippen molar-refractivity contribution in [1.29, 1.82) is 0 Å². The van der Waals surface area contributed by atoms with Gasteiger partial charge in [-0.05, 0) is 11.4 Å². The van der Waals surface area contributed by atoms with Crippen molar-refractivity contribution in [1.82, 2.24) is 15.2 Å². The highest BCUT2D eigenvalue weighted by molar-refractivity contribution is 7.13. The first kappa shape index (κ1) is 11.0. The molecule has 2 aromatic rings. The van der Waals surface area contributed by atoms with E-state index in [9.17, 15) is 0 Å². The number of rotatable bonds is 3. The molecule has 3 rings (SSSR count). The number of oxazole rings is 1. The fraction of sp³-hybridized carbons (Fsp3) is 0.417. The molecule has 4 nitrogen and oxygen atoms in total. The standard InChI is InChI=1S/C12H15N3OS/c1-2-11(17-7-1)12-14-10(9-16-12)8-15-5-3-13-4-6-15/h1-2,7,9,13H,3-6,8H2. The van der Waals surface area contributed by atoms with Gasteiger partial charge in [-0.1, -0.05) is 6.07 Å². The van der Waals surface area contributed by atoms with E-state index in [4.69, 9.17) is 4.42 Å². The molecule has 0 radical (unpaired) electrons. The summed E-state index contributed by atoms with van der Waals surface area (Å²) in [5.74, 6) is 0.741. The van der Waals surface area contributed by atoms with E-state index >= 15 is 0 Å². The Bertz CT molecular complexity index is 460. The Morgan fingerprint density at radius 1 is 1.41 bits per heavy atom. The predicted octanol–water partition coefficient (Wildman–Crippen LogP) is 1.81. The molecule has 0 aliphatic carbocycles. The third kappa shape index (κ3) is 2.57. The van der Waals surface area contributed by atoms with Crippen LogP contribution < -0.4 is 5.32 Å². The Balaban J connectivity index is 1.68. The molecule has 0 spiro atoms. The van der Waals surface area contributed by atoms with E-state index in [1.807, 2.05) is 17.5 Å². The normalized spacial score (nSPS) is 17.4. The van der Waals surface area contributed by atoms with Crippen LogP contribution in [0.1, 0.15) is 5.69 Å². The van der Waals surface area contributed by atoms with Crippen molar-refractivity contribution in [3.63, 3.8) is 0 Å². The van der Waals surface area contributed by atoms with Gasteiger partial charge in [0.1, 0.15) is 6.26 Å². The molecule has 3 heterocycles. The lowest BCUT2D eigenvalue weighted by molar-refractivity contribution is 0.230. The molecule has 0 aromatic carbocycles. The maximum absolute atomic E-state index is 5.51. The summed E-state index contributed by atoms with van der Waals surface area (Å²) in [6, 6.07) is 4.05. The maximum Gasteiger partial charge on any atom is 0.236 e. The third-order valence-corrected chi connectivity index (χ3v) is 3.74. The number of piperazine rings is 1. The number of aromatic nitrogens is 1. The third-order valence-electron chi connectivity index (χ3n) is 2.88. The zero-order chi connectivity index (χ0) is 11.5. The highest BCUT2D eigenvalue weighted by atomic mass is 32.1. The second-order valence-corrected chi connectivity index (χ2v) is 5.10. The maximum atomic E-state index is 5.51. The first-order valence-electron chi connectivity index (χ1n) is 5.83. The molecule has 1 saturated heterocycles. The summed E-state index contributed by atoms with van der Waals surface area (Å²) in [5, 5.41) is 5.38.